The number of allylic oxidation sites excluding steroid dienone is 1. The molecule has 1 aromatic carbocycles. The minimum Gasteiger partial charge on any atom is -0.322 e. The van der Waals surface area contributed by atoms with Crippen LogP contribution in [0.1, 0.15) is 13.3 Å². The third-order valence-corrected chi connectivity index (χ3v) is 2.32. The number of carbonyl (C=O) groups is 1. The number of halogens is 1. The lowest BCUT2D eigenvalue weighted by Crippen LogP contribution is -2.10. The zero-order valence-electron chi connectivity index (χ0n) is 7.96. The summed E-state index contributed by atoms with van der Waals surface area (Å²) >= 11 is 3.21. The SMILES string of the molecule is CC/C=C(\Br)C(=O)Nc1ccccc1. The van der Waals surface area contributed by atoms with Crippen LogP contribution in [0, 0.1) is 0 Å². The maximum Gasteiger partial charge on any atom is 0.262 e. The third kappa shape index (κ3) is 3.34. The first kappa shape index (κ1) is 11.0. The first-order valence-electron chi connectivity index (χ1n) is 4.46. The molecule has 74 valence electrons. The van der Waals surface area contributed by atoms with Crippen LogP contribution in [0.5, 0.6) is 0 Å². The summed E-state index contributed by atoms with van der Waals surface area (Å²) in [5.74, 6) is -0.113. The standard InChI is InChI=1S/C11H12BrNO/c1-2-6-10(12)11(14)13-9-7-4-3-5-8-9/h3-8H,2H2,1H3,(H,13,14)/b10-6-. The fourth-order valence-electron chi connectivity index (χ4n) is 0.984. The van der Waals surface area contributed by atoms with E-state index in [1.807, 2.05) is 43.3 Å². The molecule has 0 aliphatic heterocycles. The maximum absolute atomic E-state index is 11.5. The van der Waals surface area contributed by atoms with Crippen LogP contribution in [-0.4, -0.2) is 5.91 Å². The first-order chi connectivity index (χ1) is 6.74. The number of carbonyl (C=O) groups excluding carboxylic acids is 1. The highest BCUT2D eigenvalue weighted by Gasteiger charge is 2.04. The Hall–Kier alpha value is -1.09. The molecule has 0 atom stereocenters. The van der Waals surface area contributed by atoms with Gasteiger partial charge in [-0.05, 0) is 34.5 Å². The molecule has 0 bridgehead atoms. The number of hydrogen-bond donors (Lipinski definition) is 1. The quantitative estimate of drug-likeness (QED) is 0.823. The zero-order chi connectivity index (χ0) is 10.4. The Morgan fingerprint density at radius 2 is 2.07 bits per heavy atom. The van der Waals surface area contributed by atoms with Crippen molar-refractivity contribution in [2.75, 3.05) is 5.32 Å². The van der Waals surface area contributed by atoms with Gasteiger partial charge in [0.2, 0.25) is 0 Å². The van der Waals surface area contributed by atoms with E-state index in [2.05, 4.69) is 21.2 Å². The second-order valence-electron chi connectivity index (χ2n) is 2.78. The molecule has 3 heteroatoms. The number of benzene rings is 1. The highest BCUT2D eigenvalue weighted by atomic mass is 79.9. The fourth-order valence-corrected chi connectivity index (χ4v) is 1.41. The van der Waals surface area contributed by atoms with Gasteiger partial charge in [-0.15, -0.1) is 0 Å². The highest BCUT2D eigenvalue weighted by molar-refractivity contribution is 9.12. The van der Waals surface area contributed by atoms with Gasteiger partial charge in [-0.2, -0.15) is 0 Å². The van der Waals surface area contributed by atoms with E-state index in [1.54, 1.807) is 0 Å². The van der Waals surface area contributed by atoms with Crippen molar-refractivity contribution in [3.8, 4) is 0 Å². The van der Waals surface area contributed by atoms with Crippen LogP contribution in [0.2, 0.25) is 0 Å². The summed E-state index contributed by atoms with van der Waals surface area (Å²) in [6.45, 7) is 1.98. The first-order valence-corrected chi connectivity index (χ1v) is 5.25. The number of para-hydroxylation sites is 1. The number of amides is 1. The van der Waals surface area contributed by atoms with Gasteiger partial charge in [0.15, 0.2) is 0 Å². The molecule has 0 unspecified atom stereocenters. The Morgan fingerprint density at radius 3 is 2.64 bits per heavy atom. The van der Waals surface area contributed by atoms with Crippen LogP contribution in [-0.2, 0) is 4.79 Å². The molecule has 14 heavy (non-hydrogen) atoms. The zero-order valence-corrected chi connectivity index (χ0v) is 9.54. The van der Waals surface area contributed by atoms with Gasteiger partial charge in [0.25, 0.3) is 5.91 Å². The van der Waals surface area contributed by atoms with Crippen molar-refractivity contribution in [1.82, 2.24) is 0 Å². The minimum atomic E-state index is -0.113. The van der Waals surface area contributed by atoms with E-state index in [-0.39, 0.29) is 5.91 Å². The normalized spacial score (nSPS) is 11.1. The second-order valence-corrected chi connectivity index (χ2v) is 3.63. The average molecular weight is 254 g/mol. The predicted octanol–water partition coefficient (Wildman–Crippen LogP) is 3.31. The van der Waals surface area contributed by atoms with Gasteiger partial charge in [-0.25, -0.2) is 0 Å². The summed E-state index contributed by atoms with van der Waals surface area (Å²) in [7, 11) is 0. The molecule has 0 aromatic heterocycles. The smallest absolute Gasteiger partial charge is 0.262 e. The van der Waals surface area contributed by atoms with Crippen molar-refractivity contribution < 1.29 is 4.79 Å². The molecule has 0 radical (unpaired) electrons. The number of hydrogen-bond acceptors (Lipinski definition) is 1. The number of nitrogens with one attached hydrogen (secondary N) is 1. The molecule has 2 nitrogen and oxygen atoms in total. The van der Waals surface area contributed by atoms with Crippen LogP contribution in [0.25, 0.3) is 0 Å². The highest BCUT2D eigenvalue weighted by Crippen LogP contribution is 2.11. The Bertz CT molecular complexity index is 332. The van der Waals surface area contributed by atoms with Crippen molar-refractivity contribution in [2.24, 2.45) is 0 Å². The predicted molar refractivity (Wildman–Crippen MR) is 62.4 cm³/mol. The lowest BCUT2D eigenvalue weighted by atomic mass is 10.3. The van der Waals surface area contributed by atoms with Crippen molar-refractivity contribution in [2.45, 2.75) is 13.3 Å². The van der Waals surface area contributed by atoms with Crippen molar-refractivity contribution in [3.05, 3.63) is 40.9 Å². The minimum absolute atomic E-state index is 0.113. The van der Waals surface area contributed by atoms with Crippen molar-refractivity contribution >= 4 is 27.5 Å². The molecule has 0 saturated carbocycles. The molecule has 0 saturated heterocycles. The van der Waals surface area contributed by atoms with Gasteiger partial charge in [0, 0.05) is 5.69 Å². The topological polar surface area (TPSA) is 29.1 Å². The average Bonchev–Trinajstić information content (AvgIpc) is 2.19. The number of anilines is 1. The molecule has 1 rings (SSSR count). The largest absolute Gasteiger partial charge is 0.322 e. The van der Waals surface area contributed by atoms with E-state index in [0.29, 0.717) is 4.48 Å². The summed E-state index contributed by atoms with van der Waals surface area (Å²) in [5, 5.41) is 2.77. The Kier molecular flexibility index (Phi) is 4.40. The van der Waals surface area contributed by atoms with Gasteiger partial charge >= 0.3 is 0 Å². The molecule has 0 fully saturated rings. The molecular weight excluding hydrogens is 242 g/mol. The van der Waals surface area contributed by atoms with Gasteiger partial charge in [0.05, 0.1) is 4.48 Å². The Morgan fingerprint density at radius 1 is 1.43 bits per heavy atom. The van der Waals surface area contributed by atoms with Crippen LogP contribution >= 0.6 is 15.9 Å². The molecule has 0 aliphatic rings. The molecule has 1 aromatic rings. The summed E-state index contributed by atoms with van der Waals surface area (Å²) in [5.41, 5.74) is 0.805. The number of rotatable bonds is 3. The van der Waals surface area contributed by atoms with Crippen LogP contribution < -0.4 is 5.32 Å². The molecular formula is C11H12BrNO. The second kappa shape index (κ2) is 5.60. The van der Waals surface area contributed by atoms with E-state index in [1.165, 1.54) is 0 Å². The summed E-state index contributed by atoms with van der Waals surface area (Å²) in [6.07, 6.45) is 2.67. The Balaban J connectivity index is 2.62. The molecule has 0 spiro atoms. The van der Waals surface area contributed by atoms with E-state index in [0.717, 1.165) is 12.1 Å². The van der Waals surface area contributed by atoms with Crippen LogP contribution in [0.3, 0.4) is 0 Å². The lowest BCUT2D eigenvalue weighted by molar-refractivity contribution is -0.112. The fraction of sp³-hybridized carbons (Fsp3) is 0.182. The summed E-state index contributed by atoms with van der Waals surface area (Å²) in [4.78, 5) is 11.5. The van der Waals surface area contributed by atoms with Crippen LogP contribution in [0.4, 0.5) is 5.69 Å². The lowest BCUT2D eigenvalue weighted by Gasteiger charge is -2.03. The van der Waals surface area contributed by atoms with Crippen LogP contribution in [0.15, 0.2) is 40.9 Å². The van der Waals surface area contributed by atoms with E-state index in [9.17, 15) is 4.79 Å². The van der Waals surface area contributed by atoms with Gasteiger partial charge in [-0.3, -0.25) is 4.79 Å². The van der Waals surface area contributed by atoms with Gasteiger partial charge < -0.3 is 5.32 Å². The Labute approximate surface area is 92.1 Å². The molecule has 1 amide bonds. The monoisotopic (exact) mass is 253 g/mol. The van der Waals surface area contributed by atoms with E-state index < -0.39 is 0 Å². The van der Waals surface area contributed by atoms with E-state index in [4.69, 9.17) is 0 Å². The molecule has 0 heterocycles. The van der Waals surface area contributed by atoms with Gasteiger partial charge in [-0.1, -0.05) is 31.2 Å². The maximum atomic E-state index is 11.5. The van der Waals surface area contributed by atoms with E-state index >= 15 is 0 Å². The molecule has 1 N–H and O–H groups in total. The summed E-state index contributed by atoms with van der Waals surface area (Å²) < 4.78 is 0.573. The summed E-state index contributed by atoms with van der Waals surface area (Å²) in [6, 6.07) is 9.38. The van der Waals surface area contributed by atoms with Crippen molar-refractivity contribution in [3.63, 3.8) is 0 Å². The molecule has 0 aliphatic carbocycles. The third-order valence-electron chi connectivity index (χ3n) is 1.63. The van der Waals surface area contributed by atoms with Crippen molar-refractivity contribution in [1.29, 1.82) is 0 Å². The van der Waals surface area contributed by atoms with Gasteiger partial charge in [0.1, 0.15) is 0 Å².